The molecule has 0 unspecified atom stereocenters. The summed E-state index contributed by atoms with van der Waals surface area (Å²) in [6.45, 7) is 6.14. The predicted molar refractivity (Wildman–Crippen MR) is 102 cm³/mol. The lowest BCUT2D eigenvalue weighted by atomic mass is 9.78. The highest BCUT2D eigenvalue weighted by atomic mass is 32.1. The average Bonchev–Trinajstić information content (AvgIpc) is 3.26. The first-order valence-electron chi connectivity index (χ1n) is 9.14. The number of aromatic nitrogens is 1. The van der Waals surface area contributed by atoms with Crippen LogP contribution in [0.4, 0.5) is 0 Å². The molecule has 0 atom stereocenters. The first-order valence-corrected chi connectivity index (χ1v) is 10.0. The van der Waals surface area contributed by atoms with E-state index in [1.54, 1.807) is 11.3 Å². The van der Waals surface area contributed by atoms with Crippen LogP contribution in [0.15, 0.2) is 29.6 Å². The Morgan fingerprint density at radius 3 is 2.68 bits per heavy atom. The van der Waals surface area contributed by atoms with Crippen molar-refractivity contribution in [3.05, 3.63) is 40.9 Å². The van der Waals surface area contributed by atoms with Crippen LogP contribution in [0.1, 0.15) is 30.5 Å². The van der Waals surface area contributed by atoms with Crippen molar-refractivity contribution in [2.75, 3.05) is 26.2 Å². The zero-order valence-corrected chi connectivity index (χ0v) is 15.6. The highest BCUT2D eigenvalue weighted by Gasteiger charge is 2.37. The van der Waals surface area contributed by atoms with Crippen LogP contribution in [0.3, 0.4) is 0 Å². The molecule has 25 heavy (non-hydrogen) atoms. The van der Waals surface area contributed by atoms with E-state index < -0.39 is 0 Å². The highest BCUT2D eigenvalue weighted by Crippen LogP contribution is 2.37. The molecule has 4 nitrogen and oxygen atoms in total. The summed E-state index contributed by atoms with van der Waals surface area (Å²) in [6, 6.07) is 8.39. The summed E-state index contributed by atoms with van der Waals surface area (Å²) in [6.07, 6.45) is 3.96. The topological polar surface area (TPSA) is 45.2 Å². The number of hydrogen-bond donors (Lipinski definition) is 1. The van der Waals surface area contributed by atoms with Crippen LogP contribution in [-0.2, 0) is 11.2 Å². The number of benzene rings is 1. The van der Waals surface area contributed by atoms with E-state index in [9.17, 15) is 4.79 Å². The molecular formula is C20H25N3OS. The minimum atomic E-state index is 0.224. The van der Waals surface area contributed by atoms with E-state index in [-0.39, 0.29) is 5.91 Å². The van der Waals surface area contributed by atoms with E-state index in [1.165, 1.54) is 12.0 Å². The van der Waals surface area contributed by atoms with Crippen molar-refractivity contribution in [1.82, 2.24) is 15.2 Å². The van der Waals surface area contributed by atoms with Crippen molar-refractivity contribution >= 4 is 17.2 Å². The molecular weight excluding hydrogens is 330 g/mol. The van der Waals surface area contributed by atoms with Crippen LogP contribution in [0.25, 0.3) is 10.6 Å². The maximum Gasteiger partial charge on any atom is 0.228 e. The normalized spacial score (nSPS) is 19.5. The molecule has 5 heteroatoms. The van der Waals surface area contributed by atoms with Crippen molar-refractivity contribution in [3.63, 3.8) is 0 Å². The Bertz CT molecular complexity index is 737. The van der Waals surface area contributed by atoms with Gasteiger partial charge in [-0.3, -0.25) is 4.79 Å². The largest absolute Gasteiger partial charge is 0.342 e. The molecule has 2 aliphatic rings. The summed E-state index contributed by atoms with van der Waals surface area (Å²) in [7, 11) is 0. The Hall–Kier alpha value is -1.72. The molecule has 2 aromatic rings. The quantitative estimate of drug-likeness (QED) is 0.919. The summed E-state index contributed by atoms with van der Waals surface area (Å²) in [4.78, 5) is 19.3. The fraction of sp³-hybridized carbons (Fsp3) is 0.500. The van der Waals surface area contributed by atoms with Crippen molar-refractivity contribution < 1.29 is 4.79 Å². The van der Waals surface area contributed by atoms with E-state index in [1.807, 2.05) is 10.3 Å². The maximum atomic E-state index is 12.6. The van der Waals surface area contributed by atoms with Gasteiger partial charge >= 0.3 is 0 Å². The van der Waals surface area contributed by atoms with Crippen molar-refractivity contribution in [3.8, 4) is 10.6 Å². The van der Waals surface area contributed by atoms with E-state index >= 15 is 0 Å². The lowest BCUT2D eigenvalue weighted by molar-refractivity contribution is -0.132. The number of nitrogens with one attached hydrogen (secondary N) is 1. The molecule has 1 N–H and O–H groups in total. The molecule has 3 heterocycles. The maximum absolute atomic E-state index is 12.6. The highest BCUT2D eigenvalue weighted by molar-refractivity contribution is 7.13. The van der Waals surface area contributed by atoms with E-state index in [0.29, 0.717) is 11.8 Å². The van der Waals surface area contributed by atoms with Gasteiger partial charge in [-0.15, -0.1) is 11.3 Å². The standard InChI is InChI=1S/C20H25N3OS/c1-15-2-4-16(5-3-15)19-22-17(13-25-19)12-18(24)23-10-7-20(8-11-23)6-9-21-14-20/h2-5,13,21H,6-12,14H2,1H3. The molecule has 0 bridgehead atoms. The van der Waals surface area contributed by atoms with E-state index in [2.05, 4.69) is 41.5 Å². The second kappa shape index (κ2) is 6.89. The molecule has 1 amide bonds. The number of rotatable bonds is 3. The van der Waals surface area contributed by atoms with Crippen LogP contribution in [0.2, 0.25) is 0 Å². The van der Waals surface area contributed by atoms with Gasteiger partial charge in [0.05, 0.1) is 12.1 Å². The molecule has 0 aliphatic carbocycles. The lowest BCUT2D eigenvalue weighted by Crippen LogP contribution is -2.44. The molecule has 0 radical (unpaired) electrons. The second-order valence-electron chi connectivity index (χ2n) is 7.49. The predicted octanol–water partition coefficient (Wildman–Crippen LogP) is 3.26. The van der Waals surface area contributed by atoms with Crippen molar-refractivity contribution in [1.29, 1.82) is 0 Å². The van der Waals surface area contributed by atoms with Crippen molar-refractivity contribution in [2.45, 2.75) is 32.6 Å². The van der Waals surface area contributed by atoms with Gasteiger partial charge < -0.3 is 10.2 Å². The summed E-state index contributed by atoms with van der Waals surface area (Å²) in [5, 5.41) is 6.50. The number of amides is 1. The van der Waals surface area contributed by atoms with Crippen LogP contribution < -0.4 is 5.32 Å². The summed E-state index contributed by atoms with van der Waals surface area (Å²) in [5.41, 5.74) is 3.73. The summed E-state index contributed by atoms with van der Waals surface area (Å²) < 4.78 is 0. The first kappa shape index (κ1) is 16.7. The number of hydrogen-bond acceptors (Lipinski definition) is 4. The Kier molecular flexibility index (Phi) is 4.61. The first-order chi connectivity index (χ1) is 12.1. The van der Waals surface area contributed by atoms with Gasteiger partial charge in [-0.2, -0.15) is 0 Å². The third-order valence-corrected chi connectivity index (χ3v) is 6.63. The number of carbonyl (C=O) groups excluding carboxylic acids is 1. The van der Waals surface area contributed by atoms with Gasteiger partial charge in [0.15, 0.2) is 0 Å². The second-order valence-corrected chi connectivity index (χ2v) is 8.35. The van der Waals surface area contributed by atoms with Gasteiger partial charge in [0.2, 0.25) is 5.91 Å². The molecule has 1 spiro atoms. The van der Waals surface area contributed by atoms with Crippen LogP contribution in [0, 0.1) is 12.3 Å². The number of carbonyl (C=O) groups is 1. The van der Waals surface area contributed by atoms with Crippen LogP contribution in [-0.4, -0.2) is 42.0 Å². The smallest absolute Gasteiger partial charge is 0.228 e. The minimum absolute atomic E-state index is 0.224. The molecule has 0 saturated carbocycles. The number of nitrogens with zero attached hydrogens (tertiary/aromatic N) is 2. The number of thiazole rings is 1. The van der Waals surface area contributed by atoms with Gasteiger partial charge in [0, 0.05) is 30.6 Å². The van der Waals surface area contributed by atoms with E-state index in [0.717, 1.165) is 55.3 Å². The van der Waals surface area contributed by atoms with Gasteiger partial charge in [0.1, 0.15) is 5.01 Å². The lowest BCUT2D eigenvalue weighted by Gasteiger charge is -2.38. The summed E-state index contributed by atoms with van der Waals surface area (Å²) >= 11 is 1.62. The Balaban J connectivity index is 1.36. The molecule has 2 aliphatic heterocycles. The minimum Gasteiger partial charge on any atom is -0.342 e. The summed E-state index contributed by atoms with van der Waals surface area (Å²) in [5.74, 6) is 0.224. The van der Waals surface area contributed by atoms with Gasteiger partial charge in [-0.05, 0) is 38.1 Å². The van der Waals surface area contributed by atoms with Crippen molar-refractivity contribution in [2.24, 2.45) is 5.41 Å². The Morgan fingerprint density at radius 1 is 1.24 bits per heavy atom. The fourth-order valence-electron chi connectivity index (χ4n) is 3.94. The van der Waals surface area contributed by atoms with Gasteiger partial charge in [0.25, 0.3) is 0 Å². The van der Waals surface area contributed by atoms with E-state index in [4.69, 9.17) is 0 Å². The van der Waals surface area contributed by atoms with Crippen LogP contribution in [0.5, 0.6) is 0 Å². The van der Waals surface area contributed by atoms with Crippen LogP contribution >= 0.6 is 11.3 Å². The molecule has 2 fully saturated rings. The Labute approximate surface area is 153 Å². The third kappa shape index (κ3) is 3.62. The van der Waals surface area contributed by atoms with Gasteiger partial charge in [-0.1, -0.05) is 29.8 Å². The number of aryl methyl sites for hydroxylation is 1. The zero-order chi connectivity index (χ0) is 17.3. The number of likely N-dealkylation sites (tertiary alicyclic amines) is 1. The molecule has 1 aromatic heterocycles. The van der Waals surface area contributed by atoms with Gasteiger partial charge in [-0.25, -0.2) is 4.98 Å². The number of piperidine rings is 1. The average molecular weight is 356 g/mol. The molecule has 132 valence electrons. The fourth-order valence-corrected chi connectivity index (χ4v) is 4.76. The zero-order valence-electron chi connectivity index (χ0n) is 14.8. The molecule has 1 aromatic carbocycles. The molecule has 2 saturated heterocycles. The SMILES string of the molecule is Cc1ccc(-c2nc(CC(=O)N3CCC4(CCNC4)CC3)cs2)cc1. The molecule has 4 rings (SSSR count). The Morgan fingerprint density at radius 2 is 2.00 bits per heavy atom. The monoisotopic (exact) mass is 355 g/mol. The third-order valence-electron chi connectivity index (χ3n) is 5.69.